The highest BCUT2D eigenvalue weighted by atomic mass is 16.2. The average molecular weight is 487 g/mol. The number of aryl methyl sites for hydroxylation is 1. The van der Waals surface area contributed by atoms with Crippen LogP contribution in [-0.2, 0) is 23.9 Å². The van der Waals surface area contributed by atoms with Crippen LogP contribution >= 0.6 is 0 Å². The number of hydrogen-bond acceptors (Lipinski definition) is 7. The molecule has 11 nitrogen and oxygen atoms in total. The van der Waals surface area contributed by atoms with Gasteiger partial charge in [-0.15, -0.1) is 10.2 Å². The lowest BCUT2D eigenvalue weighted by Crippen LogP contribution is -2.37. The Labute approximate surface area is 208 Å². The Morgan fingerprint density at radius 3 is 2.78 bits per heavy atom. The van der Waals surface area contributed by atoms with Gasteiger partial charge in [-0.05, 0) is 50.5 Å². The third kappa shape index (κ3) is 4.21. The largest absolute Gasteiger partial charge is 0.335 e. The van der Waals surface area contributed by atoms with Crippen LogP contribution in [0.1, 0.15) is 51.8 Å². The van der Waals surface area contributed by atoms with Gasteiger partial charge in [-0.1, -0.05) is 37.6 Å². The van der Waals surface area contributed by atoms with E-state index >= 15 is 0 Å². The number of nitrogens with zero attached hydrogens (tertiary/aromatic N) is 9. The van der Waals surface area contributed by atoms with Crippen LogP contribution in [-0.4, -0.2) is 50.7 Å². The van der Waals surface area contributed by atoms with E-state index in [0.717, 1.165) is 29.7 Å². The summed E-state index contributed by atoms with van der Waals surface area (Å²) in [4.78, 5) is 22.7. The zero-order valence-corrected chi connectivity index (χ0v) is 21.0. The average Bonchev–Trinajstić information content (AvgIpc) is 3.62. The molecule has 0 bridgehead atoms. The molecule has 186 valence electrons. The summed E-state index contributed by atoms with van der Waals surface area (Å²) in [6.07, 6.45) is 11.5. The van der Waals surface area contributed by atoms with Crippen LogP contribution in [0.5, 0.6) is 0 Å². The van der Waals surface area contributed by atoms with E-state index in [4.69, 9.17) is 0 Å². The molecule has 11 heteroatoms. The molecule has 0 aliphatic carbocycles. The molecule has 1 N–H and O–H groups in total. The monoisotopic (exact) mass is 486 g/mol. The second-order valence-corrected chi connectivity index (χ2v) is 10.1. The Bertz CT molecular complexity index is 1470. The lowest BCUT2D eigenvalue weighted by Gasteiger charge is -2.32. The minimum Gasteiger partial charge on any atom is -0.295 e. The first-order valence-corrected chi connectivity index (χ1v) is 12.1. The molecule has 4 aromatic rings. The van der Waals surface area contributed by atoms with Crippen molar-refractivity contribution in [3.05, 3.63) is 70.8 Å². The summed E-state index contributed by atoms with van der Waals surface area (Å²) in [6.45, 7) is 8.69. The van der Waals surface area contributed by atoms with Crippen molar-refractivity contribution in [3.63, 3.8) is 0 Å². The zero-order chi connectivity index (χ0) is 25.3. The minimum absolute atomic E-state index is 0.137. The molecule has 5 rings (SSSR count). The fourth-order valence-corrected chi connectivity index (χ4v) is 4.65. The summed E-state index contributed by atoms with van der Waals surface area (Å²) >= 11 is 0. The van der Waals surface area contributed by atoms with E-state index in [2.05, 4.69) is 60.8 Å². The standard InChI is InChI=1S/C25H30N10O/c1-5-7-20-15-33(22-27-17-28-35(22)24(2,3)4)23(36)34(20)16-25(10-12-26-13-11-25)19-9-6-8-18(14-19)21-29-31-32-30-21/h6,8-10,12-15,17H,5,7,11,16H2,1-4H3,(H,29,30,31,32). The van der Waals surface area contributed by atoms with E-state index in [-0.39, 0.29) is 11.2 Å². The summed E-state index contributed by atoms with van der Waals surface area (Å²) in [5.41, 5.74) is 1.92. The number of nitrogens with one attached hydrogen (secondary N) is 1. The molecule has 0 saturated carbocycles. The van der Waals surface area contributed by atoms with E-state index in [1.165, 1.54) is 6.33 Å². The maximum absolute atomic E-state index is 13.9. The number of rotatable bonds is 7. The Morgan fingerprint density at radius 2 is 2.08 bits per heavy atom. The van der Waals surface area contributed by atoms with Gasteiger partial charge in [0.25, 0.3) is 0 Å². The van der Waals surface area contributed by atoms with Gasteiger partial charge in [0.05, 0.1) is 5.54 Å². The third-order valence-electron chi connectivity index (χ3n) is 6.47. The Hall–Kier alpha value is -4.15. The number of imidazole rings is 1. The number of H-pyrrole nitrogens is 1. The summed E-state index contributed by atoms with van der Waals surface area (Å²) in [5, 5.41) is 18.8. The van der Waals surface area contributed by atoms with E-state index in [0.29, 0.717) is 24.7 Å². The molecule has 4 heterocycles. The Balaban J connectivity index is 1.62. The van der Waals surface area contributed by atoms with Crippen LogP contribution in [0, 0.1) is 0 Å². The molecule has 1 aliphatic heterocycles. The number of aromatic nitrogens is 9. The van der Waals surface area contributed by atoms with Crippen molar-refractivity contribution < 1.29 is 0 Å². The topological polar surface area (TPSA) is 124 Å². The zero-order valence-electron chi connectivity index (χ0n) is 21.0. The molecule has 1 unspecified atom stereocenters. The molecule has 3 aromatic heterocycles. The van der Waals surface area contributed by atoms with E-state index in [1.54, 1.807) is 9.25 Å². The minimum atomic E-state index is -0.475. The van der Waals surface area contributed by atoms with E-state index in [9.17, 15) is 4.79 Å². The summed E-state index contributed by atoms with van der Waals surface area (Å²) in [5.74, 6) is 1.04. The van der Waals surface area contributed by atoms with Gasteiger partial charge in [0.2, 0.25) is 11.8 Å². The molecule has 0 radical (unpaired) electrons. The Morgan fingerprint density at radius 1 is 1.22 bits per heavy atom. The van der Waals surface area contributed by atoms with Gasteiger partial charge in [0.15, 0.2) is 0 Å². The van der Waals surface area contributed by atoms with Gasteiger partial charge in [0, 0.05) is 41.8 Å². The van der Waals surface area contributed by atoms with Crippen molar-refractivity contribution in [3.8, 4) is 17.3 Å². The first-order chi connectivity index (χ1) is 17.3. The number of allylic oxidation sites excluding steroid dienone is 1. The highest BCUT2D eigenvalue weighted by Crippen LogP contribution is 2.35. The molecule has 1 aromatic carbocycles. The van der Waals surface area contributed by atoms with Gasteiger partial charge in [-0.2, -0.15) is 15.3 Å². The highest BCUT2D eigenvalue weighted by molar-refractivity contribution is 5.65. The van der Waals surface area contributed by atoms with Gasteiger partial charge in [-0.3, -0.25) is 9.56 Å². The third-order valence-corrected chi connectivity index (χ3v) is 6.47. The van der Waals surface area contributed by atoms with Crippen LogP contribution in [0.4, 0.5) is 0 Å². The van der Waals surface area contributed by atoms with Crippen LogP contribution < -0.4 is 5.69 Å². The van der Waals surface area contributed by atoms with Crippen LogP contribution in [0.15, 0.2) is 58.9 Å². The normalized spacial score (nSPS) is 17.7. The molecular weight excluding hydrogens is 456 g/mol. The maximum Gasteiger partial charge on any atom is 0.335 e. The first-order valence-electron chi connectivity index (χ1n) is 12.1. The number of aliphatic imine (C=N–C) groups is 1. The SMILES string of the molecule is CCCc1cn(-c2ncnn2C(C)(C)C)c(=O)n1CC1(c2cccc(-c3nn[nH]n3)c2)C=CN=CC1. The van der Waals surface area contributed by atoms with Crippen LogP contribution in [0.25, 0.3) is 17.3 Å². The highest BCUT2D eigenvalue weighted by Gasteiger charge is 2.33. The van der Waals surface area contributed by atoms with Crippen molar-refractivity contribution in [1.29, 1.82) is 0 Å². The second-order valence-electron chi connectivity index (χ2n) is 10.1. The van der Waals surface area contributed by atoms with Gasteiger partial charge >= 0.3 is 5.69 Å². The Kier molecular flexibility index (Phi) is 5.99. The second kappa shape index (κ2) is 9.14. The van der Waals surface area contributed by atoms with Crippen LogP contribution in [0.2, 0.25) is 0 Å². The molecule has 1 atom stereocenters. The number of hydrogen-bond donors (Lipinski definition) is 1. The fourth-order valence-electron chi connectivity index (χ4n) is 4.65. The summed E-state index contributed by atoms with van der Waals surface area (Å²) in [7, 11) is 0. The molecule has 1 aliphatic rings. The summed E-state index contributed by atoms with van der Waals surface area (Å²) in [6, 6.07) is 8.07. The quantitative estimate of drug-likeness (QED) is 0.428. The number of benzene rings is 1. The van der Waals surface area contributed by atoms with E-state index in [1.807, 2.05) is 56.1 Å². The number of tetrazole rings is 1. The smallest absolute Gasteiger partial charge is 0.295 e. The fraction of sp³-hybridized carbons (Fsp3) is 0.400. The lowest BCUT2D eigenvalue weighted by molar-refractivity contribution is 0.349. The molecule has 0 saturated heterocycles. The molecule has 0 fully saturated rings. The lowest BCUT2D eigenvalue weighted by atomic mass is 9.76. The maximum atomic E-state index is 13.9. The van der Waals surface area contributed by atoms with E-state index < -0.39 is 5.41 Å². The molecule has 0 amide bonds. The van der Waals surface area contributed by atoms with Crippen molar-refractivity contribution in [2.45, 2.75) is 64.5 Å². The van der Waals surface area contributed by atoms with Crippen LogP contribution in [0.3, 0.4) is 0 Å². The van der Waals surface area contributed by atoms with Gasteiger partial charge in [-0.25, -0.2) is 14.0 Å². The van der Waals surface area contributed by atoms with Crippen molar-refractivity contribution in [2.24, 2.45) is 4.99 Å². The summed E-state index contributed by atoms with van der Waals surface area (Å²) < 4.78 is 5.27. The van der Waals surface area contributed by atoms with Crippen molar-refractivity contribution in [1.82, 2.24) is 44.5 Å². The number of aromatic amines is 1. The molecular formula is C25H30N10O. The predicted molar refractivity (Wildman–Crippen MR) is 136 cm³/mol. The van der Waals surface area contributed by atoms with Gasteiger partial charge < -0.3 is 0 Å². The van der Waals surface area contributed by atoms with Crippen molar-refractivity contribution >= 4 is 6.21 Å². The molecule has 0 spiro atoms. The first kappa shape index (κ1) is 23.6. The predicted octanol–water partition coefficient (Wildman–Crippen LogP) is 3.04. The van der Waals surface area contributed by atoms with Gasteiger partial charge in [0.1, 0.15) is 6.33 Å². The molecule has 36 heavy (non-hydrogen) atoms. The van der Waals surface area contributed by atoms with Crippen molar-refractivity contribution in [2.75, 3.05) is 0 Å².